The van der Waals surface area contributed by atoms with Gasteiger partial charge in [-0.3, -0.25) is 9.69 Å². The fraction of sp³-hybridized carbons (Fsp3) is 0.550. The van der Waals surface area contributed by atoms with Crippen LogP contribution in [0.2, 0.25) is 0 Å². The number of aromatic nitrogens is 3. The summed E-state index contributed by atoms with van der Waals surface area (Å²) < 4.78 is 0. The second-order valence-corrected chi connectivity index (χ2v) is 8.12. The molecular formula is C20H27N7OS. The third-order valence-corrected chi connectivity index (χ3v) is 5.58. The molecular weight excluding hydrogens is 386 g/mol. The summed E-state index contributed by atoms with van der Waals surface area (Å²) in [6, 6.07) is 4.10. The standard InChI is InChI=1S/C20H27N7OS/c1-3-4-8-22-19(28)16-13-29-20(24-16)26-17-11-14(2)23-18(25-17)15-6-5-9-27(12-15)10-7-21/h11,13,15H,3-6,8-10,12H2,1-2H3,(H,22,28)(H,23,24,25,26). The first-order valence-corrected chi connectivity index (χ1v) is 10.9. The van der Waals surface area contributed by atoms with Crippen molar-refractivity contribution in [1.82, 2.24) is 25.2 Å². The highest BCUT2D eigenvalue weighted by molar-refractivity contribution is 7.14. The smallest absolute Gasteiger partial charge is 0.270 e. The summed E-state index contributed by atoms with van der Waals surface area (Å²) in [5, 5.41) is 17.4. The van der Waals surface area contributed by atoms with Gasteiger partial charge in [-0.1, -0.05) is 13.3 Å². The number of rotatable bonds is 8. The van der Waals surface area contributed by atoms with Gasteiger partial charge in [0.15, 0.2) is 5.13 Å². The molecule has 3 heterocycles. The van der Waals surface area contributed by atoms with Crippen molar-refractivity contribution in [2.45, 2.75) is 45.4 Å². The third-order valence-electron chi connectivity index (χ3n) is 4.82. The fourth-order valence-corrected chi connectivity index (χ4v) is 4.06. The molecule has 9 heteroatoms. The lowest BCUT2D eigenvalue weighted by Gasteiger charge is -2.30. The van der Waals surface area contributed by atoms with Gasteiger partial charge in [-0.25, -0.2) is 15.0 Å². The van der Waals surface area contributed by atoms with Crippen molar-refractivity contribution >= 4 is 28.2 Å². The predicted molar refractivity (Wildman–Crippen MR) is 113 cm³/mol. The monoisotopic (exact) mass is 413 g/mol. The van der Waals surface area contributed by atoms with Crippen molar-refractivity contribution in [1.29, 1.82) is 5.26 Å². The van der Waals surface area contributed by atoms with Crippen molar-refractivity contribution in [3.05, 3.63) is 28.7 Å². The lowest BCUT2D eigenvalue weighted by atomic mass is 9.97. The van der Waals surface area contributed by atoms with Crippen LogP contribution in [0.3, 0.4) is 0 Å². The molecule has 1 fully saturated rings. The molecule has 0 radical (unpaired) electrons. The summed E-state index contributed by atoms with van der Waals surface area (Å²) in [4.78, 5) is 28.0. The molecule has 1 aliphatic heterocycles. The van der Waals surface area contributed by atoms with Gasteiger partial charge in [-0.05, 0) is 32.7 Å². The molecule has 1 saturated heterocycles. The molecule has 0 bridgehead atoms. The average Bonchev–Trinajstić information content (AvgIpc) is 3.17. The van der Waals surface area contributed by atoms with E-state index in [9.17, 15) is 4.79 Å². The van der Waals surface area contributed by atoms with Gasteiger partial charge in [-0.2, -0.15) is 5.26 Å². The Kier molecular flexibility index (Phi) is 7.49. The normalized spacial score (nSPS) is 16.9. The van der Waals surface area contributed by atoms with Gasteiger partial charge in [-0.15, -0.1) is 11.3 Å². The van der Waals surface area contributed by atoms with Gasteiger partial charge in [0.2, 0.25) is 0 Å². The number of hydrogen-bond acceptors (Lipinski definition) is 8. The molecule has 3 rings (SSSR count). The van der Waals surface area contributed by atoms with Crippen LogP contribution in [0.1, 0.15) is 60.5 Å². The van der Waals surface area contributed by atoms with E-state index >= 15 is 0 Å². The van der Waals surface area contributed by atoms with Crippen molar-refractivity contribution in [3.63, 3.8) is 0 Å². The maximum Gasteiger partial charge on any atom is 0.270 e. The number of amides is 1. The Morgan fingerprint density at radius 1 is 1.41 bits per heavy atom. The van der Waals surface area contributed by atoms with Crippen molar-refractivity contribution in [2.75, 3.05) is 31.5 Å². The third kappa shape index (κ3) is 5.95. The highest BCUT2D eigenvalue weighted by Gasteiger charge is 2.24. The van der Waals surface area contributed by atoms with Crippen LogP contribution in [0, 0.1) is 18.3 Å². The van der Waals surface area contributed by atoms with Crippen LogP contribution in [0.4, 0.5) is 10.9 Å². The number of unbranched alkanes of at least 4 members (excludes halogenated alkanes) is 1. The van der Waals surface area contributed by atoms with Gasteiger partial charge in [0.25, 0.3) is 5.91 Å². The molecule has 1 amide bonds. The zero-order chi connectivity index (χ0) is 20.6. The van der Waals surface area contributed by atoms with Gasteiger partial charge in [0.1, 0.15) is 17.3 Å². The molecule has 1 aliphatic rings. The van der Waals surface area contributed by atoms with Crippen LogP contribution in [0.5, 0.6) is 0 Å². The van der Waals surface area contributed by atoms with E-state index in [2.05, 4.69) is 38.5 Å². The van der Waals surface area contributed by atoms with E-state index in [1.165, 1.54) is 11.3 Å². The van der Waals surface area contributed by atoms with Crippen LogP contribution in [-0.4, -0.2) is 51.9 Å². The molecule has 1 unspecified atom stereocenters. The van der Waals surface area contributed by atoms with Gasteiger partial charge >= 0.3 is 0 Å². The second-order valence-electron chi connectivity index (χ2n) is 7.26. The van der Waals surface area contributed by atoms with E-state index in [1.54, 1.807) is 5.38 Å². The summed E-state index contributed by atoms with van der Waals surface area (Å²) in [6.45, 7) is 6.88. The summed E-state index contributed by atoms with van der Waals surface area (Å²) in [6.07, 6.45) is 4.05. The van der Waals surface area contributed by atoms with Crippen LogP contribution in [0.15, 0.2) is 11.4 Å². The first-order valence-electron chi connectivity index (χ1n) is 10.0. The molecule has 8 nitrogen and oxygen atoms in total. The molecule has 0 aliphatic carbocycles. The van der Waals surface area contributed by atoms with Gasteiger partial charge in [0.05, 0.1) is 12.6 Å². The number of likely N-dealkylation sites (tertiary alicyclic amines) is 1. The van der Waals surface area contributed by atoms with Crippen LogP contribution < -0.4 is 10.6 Å². The minimum Gasteiger partial charge on any atom is -0.351 e. The average molecular weight is 414 g/mol. The number of anilines is 2. The largest absolute Gasteiger partial charge is 0.351 e. The van der Waals surface area contributed by atoms with Crippen molar-refractivity contribution in [3.8, 4) is 6.07 Å². The van der Waals surface area contributed by atoms with Crippen molar-refractivity contribution < 1.29 is 4.79 Å². The number of piperidine rings is 1. The SMILES string of the molecule is CCCCNC(=O)c1csc(Nc2cc(C)nc(C3CCCN(CC#N)C3)n2)n1. The minimum absolute atomic E-state index is 0.151. The zero-order valence-electron chi connectivity index (χ0n) is 16.9. The Morgan fingerprint density at radius 3 is 3.07 bits per heavy atom. The number of carbonyl (C=O) groups excluding carboxylic acids is 1. The predicted octanol–water partition coefficient (Wildman–Crippen LogP) is 3.22. The van der Waals surface area contributed by atoms with Crippen LogP contribution in [-0.2, 0) is 0 Å². The first kappa shape index (κ1) is 21.1. The number of carbonyl (C=O) groups is 1. The molecule has 0 spiro atoms. The highest BCUT2D eigenvalue weighted by atomic mass is 32.1. The van der Waals surface area contributed by atoms with E-state index in [-0.39, 0.29) is 11.8 Å². The number of nitriles is 1. The van der Waals surface area contributed by atoms with E-state index in [0.717, 1.165) is 50.3 Å². The summed E-state index contributed by atoms with van der Waals surface area (Å²) in [5.41, 5.74) is 1.29. The lowest BCUT2D eigenvalue weighted by Crippen LogP contribution is -2.35. The maximum atomic E-state index is 12.1. The molecule has 2 aromatic heterocycles. The number of nitrogens with zero attached hydrogens (tertiary/aromatic N) is 5. The Balaban J connectivity index is 1.68. The lowest BCUT2D eigenvalue weighted by molar-refractivity contribution is 0.0949. The van der Waals surface area contributed by atoms with Gasteiger partial charge < -0.3 is 10.6 Å². The molecule has 0 aromatic carbocycles. The molecule has 1 atom stereocenters. The van der Waals surface area contributed by atoms with E-state index in [1.807, 2.05) is 13.0 Å². The molecule has 154 valence electrons. The minimum atomic E-state index is -0.151. The Labute approximate surface area is 175 Å². The molecule has 0 saturated carbocycles. The first-order chi connectivity index (χ1) is 14.1. The fourth-order valence-electron chi connectivity index (χ4n) is 3.36. The number of nitrogens with one attached hydrogen (secondary N) is 2. The Hall–Kier alpha value is -2.57. The topological polar surface area (TPSA) is 107 Å². The summed E-state index contributed by atoms with van der Waals surface area (Å²) in [7, 11) is 0. The second kappa shape index (κ2) is 10.3. The highest BCUT2D eigenvalue weighted by Crippen LogP contribution is 2.27. The number of aryl methyl sites for hydroxylation is 1. The Bertz CT molecular complexity index is 876. The van der Waals surface area contributed by atoms with E-state index in [0.29, 0.717) is 29.7 Å². The quantitative estimate of drug-likeness (QED) is 0.505. The molecule has 2 aromatic rings. The number of thiazole rings is 1. The number of hydrogen-bond donors (Lipinski definition) is 2. The van der Waals surface area contributed by atoms with Crippen LogP contribution in [0.25, 0.3) is 0 Å². The Morgan fingerprint density at radius 2 is 2.28 bits per heavy atom. The zero-order valence-corrected chi connectivity index (χ0v) is 17.8. The summed E-state index contributed by atoms with van der Waals surface area (Å²) >= 11 is 1.38. The van der Waals surface area contributed by atoms with E-state index in [4.69, 9.17) is 10.2 Å². The van der Waals surface area contributed by atoms with E-state index < -0.39 is 0 Å². The maximum absolute atomic E-state index is 12.1. The molecule has 2 N–H and O–H groups in total. The van der Waals surface area contributed by atoms with Crippen molar-refractivity contribution in [2.24, 2.45) is 0 Å². The van der Waals surface area contributed by atoms with Gasteiger partial charge in [0, 0.05) is 36.1 Å². The summed E-state index contributed by atoms with van der Waals surface area (Å²) in [5.74, 6) is 1.54. The van der Waals surface area contributed by atoms with Crippen LogP contribution >= 0.6 is 11.3 Å². The molecule has 29 heavy (non-hydrogen) atoms.